The Morgan fingerprint density at radius 3 is 2.34 bits per heavy atom. The molecule has 2 aliphatic rings. The van der Waals surface area contributed by atoms with Gasteiger partial charge in [0.1, 0.15) is 23.9 Å². The van der Waals surface area contributed by atoms with E-state index in [4.69, 9.17) is 14.2 Å². The van der Waals surface area contributed by atoms with E-state index < -0.39 is 0 Å². The van der Waals surface area contributed by atoms with E-state index in [1.807, 2.05) is 12.1 Å². The standard InChI is InChI=1S/C24H29N7O4/c1-33-19-9-16(10-20(11-19)34-2)15-35-22-12-21(28-29-22)27-23(32)17-13-25-24(26-14-17)31-7-5-30(6-8-31)18-3-4-18/h9-14,18H,3-8,15H2,1-2H3,(H2,27,28,29,32). The Labute approximate surface area is 203 Å². The molecule has 35 heavy (non-hydrogen) atoms. The van der Waals surface area contributed by atoms with Crippen molar-refractivity contribution < 1.29 is 19.0 Å². The molecule has 2 aromatic heterocycles. The summed E-state index contributed by atoms with van der Waals surface area (Å²) in [6.45, 7) is 4.14. The molecule has 11 nitrogen and oxygen atoms in total. The van der Waals surface area contributed by atoms with E-state index in [9.17, 15) is 4.79 Å². The summed E-state index contributed by atoms with van der Waals surface area (Å²) in [6.07, 6.45) is 5.74. The summed E-state index contributed by atoms with van der Waals surface area (Å²) in [4.78, 5) is 26.2. The first kappa shape index (κ1) is 22.9. The van der Waals surface area contributed by atoms with E-state index in [0.717, 1.165) is 37.8 Å². The number of piperazine rings is 1. The lowest BCUT2D eigenvalue weighted by atomic mass is 10.2. The molecule has 1 amide bonds. The molecule has 2 fully saturated rings. The number of nitrogens with zero attached hydrogens (tertiary/aromatic N) is 5. The number of rotatable bonds is 9. The maximum absolute atomic E-state index is 12.6. The molecule has 0 radical (unpaired) electrons. The van der Waals surface area contributed by atoms with Gasteiger partial charge in [-0.3, -0.25) is 14.8 Å². The summed E-state index contributed by atoms with van der Waals surface area (Å²) >= 11 is 0. The third kappa shape index (κ3) is 5.62. The summed E-state index contributed by atoms with van der Waals surface area (Å²) in [5.74, 6) is 2.43. The molecule has 1 aromatic carbocycles. The minimum absolute atomic E-state index is 0.260. The molecule has 0 spiro atoms. The van der Waals surface area contributed by atoms with Crippen molar-refractivity contribution in [1.29, 1.82) is 0 Å². The minimum atomic E-state index is -0.331. The van der Waals surface area contributed by atoms with Gasteiger partial charge in [-0.05, 0) is 30.5 Å². The second-order valence-corrected chi connectivity index (χ2v) is 8.61. The predicted molar refractivity (Wildman–Crippen MR) is 129 cm³/mol. The molecular weight excluding hydrogens is 450 g/mol. The average molecular weight is 480 g/mol. The van der Waals surface area contributed by atoms with Gasteiger partial charge in [0.15, 0.2) is 0 Å². The van der Waals surface area contributed by atoms with E-state index >= 15 is 0 Å². The van der Waals surface area contributed by atoms with Crippen LogP contribution in [0, 0.1) is 0 Å². The monoisotopic (exact) mass is 479 g/mol. The first-order valence-corrected chi connectivity index (χ1v) is 11.6. The predicted octanol–water partition coefficient (Wildman–Crippen LogP) is 2.33. The first-order chi connectivity index (χ1) is 17.1. The van der Waals surface area contributed by atoms with Crippen LogP contribution in [-0.2, 0) is 6.61 Å². The lowest BCUT2D eigenvalue weighted by molar-refractivity contribution is 0.102. The zero-order chi connectivity index (χ0) is 24.2. The molecule has 1 aliphatic carbocycles. The van der Waals surface area contributed by atoms with Crippen LogP contribution in [-0.4, -0.2) is 77.4 Å². The number of carbonyl (C=O) groups excluding carboxylic acids is 1. The molecule has 1 saturated heterocycles. The number of carbonyl (C=O) groups is 1. The van der Waals surface area contributed by atoms with Gasteiger partial charge in [0, 0.05) is 56.7 Å². The molecule has 0 unspecified atom stereocenters. The largest absolute Gasteiger partial charge is 0.497 e. The van der Waals surface area contributed by atoms with Gasteiger partial charge in [-0.1, -0.05) is 0 Å². The van der Waals surface area contributed by atoms with Gasteiger partial charge in [0.25, 0.3) is 5.91 Å². The zero-order valence-corrected chi connectivity index (χ0v) is 19.9. The number of hydrogen-bond donors (Lipinski definition) is 2. The van der Waals surface area contributed by atoms with Crippen molar-refractivity contribution in [2.45, 2.75) is 25.5 Å². The number of anilines is 2. The van der Waals surface area contributed by atoms with Crippen LogP contribution in [0.15, 0.2) is 36.7 Å². The van der Waals surface area contributed by atoms with Crippen LogP contribution in [0.3, 0.4) is 0 Å². The molecule has 0 atom stereocenters. The third-order valence-corrected chi connectivity index (χ3v) is 6.16. The Hall–Kier alpha value is -3.86. The number of benzene rings is 1. The third-order valence-electron chi connectivity index (χ3n) is 6.16. The van der Waals surface area contributed by atoms with Crippen LogP contribution in [0.25, 0.3) is 0 Å². The molecule has 3 heterocycles. The van der Waals surface area contributed by atoms with Gasteiger partial charge >= 0.3 is 0 Å². The number of aromatic amines is 1. The molecule has 184 valence electrons. The molecule has 3 aromatic rings. The quantitative estimate of drug-likeness (QED) is 0.477. The SMILES string of the molecule is COc1cc(COc2cc(NC(=O)c3cnc(N4CCN(C5CC5)CC4)nc3)[nH]n2)cc(OC)c1. The average Bonchev–Trinajstić information content (AvgIpc) is 3.67. The fourth-order valence-electron chi connectivity index (χ4n) is 4.07. The molecule has 1 saturated carbocycles. The highest BCUT2D eigenvalue weighted by atomic mass is 16.5. The van der Waals surface area contributed by atoms with E-state index in [2.05, 4.69) is 35.3 Å². The van der Waals surface area contributed by atoms with Crippen molar-refractivity contribution >= 4 is 17.7 Å². The number of amides is 1. The molecule has 11 heteroatoms. The van der Waals surface area contributed by atoms with Gasteiger partial charge in [-0.25, -0.2) is 9.97 Å². The highest BCUT2D eigenvalue weighted by molar-refractivity contribution is 6.03. The topological polar surface area (TPSA) is 118 Å². The molecule has 0 bridgehead atoms. The fraction of sp³-hybridized carbons (Fsp3) is 0.417. The Morgan fingerprint density at radius 2 is 1.71 bits per heavy atom. The zero-order valence-electron chi connectivity index (χ0n) is 19.9. The number of hydrogen-bond acceptors (Lipinski definition) is 9. The summed E-state index contributed by atoms with van der Waals surface area (Å²) in [5.41, 5.74) is 1.23. The van der Waals surface area contributed by atoms with Crippen molar-refractivity contribution in [3.05, 3.63) is 47.8 Å². The number of methoxy groups -OCH3 is 2. The van der Waals surface area contributed by atoms with Gasteiger partial charge in [-0.2, -0.15) is 0 Å². The van der Waals surface area contributed by atoms with Gasteiger partial charge in [0.2, 0.25) is 11.8 Å². The van der Waals surface area contributed by atoms with Crippen LogP contribution in [0.2, 0.25) is 0 Å². The Kier molecular flexibility index (Phi) is 6.66. The van der Waals surface area contributed by atoms with Gasteiger partial charge in [-0.15, -0.1) is 5.10 Å². The number of nitrogens with one attached hydrogen (secondary N) is 2. The lowest BCUT2D eigenvalue weighted by Crippen LogP contribution is -2.47. The van der Waals surface area contributed by atoms with E-state index in [1.54, 1.807) is 38.7 Å². The fourth-order valence-corrected chi connectivity index (χ4v) is 4.07. The number of ether oxygens (including phenoxy) is 3. The van der Waals surface area contributed by atoms with Crippen LogP contribution in [0.1, 0.15) is 28.8 Å². The van der Waals surface area contributed by atoms with Crippen molar-refractivity contribution in [3.8, 4) is 17.4 Å². The molecule has 5 rings (SSSR count). The van der Waals surface area contributed by atoms with Crippen molar-refractivity contribution in [3.63, 3.8) is 0 Å². The van der Waals surface area contributed by atoms with E-state index in [1.165, 1.54) is 12.8 Å². The van der Waals surface area contributed by atoms with Crippen LogP contribution >= 0.6 is 0 Å². The van der Waals surface area contributed by atoms with Crippen LogP contribution in [0.4, 0.5) is 11.8 Å². The number of H-pyrrole nitrogens is 1. The summed E-state index contributed by atoms with van der Waals surface area (Å²) in [6, 6.07) is 7.90. The molecule has 2 N–H and O–H groups in total. The van der Waals surface area contributed by atoms with Crippen LogP contribution in [0.5, 0.6) is 17.4 Å². The van der Waals surface area contributed by atoms with Gasteiger partial charge in [0.05, 0.1) is 19.8 Å². The maximum atomic E-state index is 12.6. The van der Waals surface area contributed by atoms with Crippen molar-refractivity contribution in [2.24, 2.45) is 0 Å². The minimum Gasteiger partial charge on any atom is -0.497 e. The summed E-state index contributed by atoms with van der Waals surface area (Å²) in [5, 5.41) is 9.61. The smallest absolute Gasteiger partial charge is 0.259 e. The van der Waals surface area contributed by atoms with Crippen LogP contribution < -0.4 is 24.4 Å². The molecular formula is C24H29N7O4. The van der Waals surface area contributed by atoms with E-state index in [-0.39, 0.29) is 12.5 Å². The summed E-state index contributed by atoms with van der Waals surface area (Å²) < 4.78 is 16.3. The highest BCUT2D eigenvalue weighted by Gasteiger charge is 2.31. The Balaban J connectivity index is 1.13. The highest BCUT2D eigenvalue weighted by Crippen LogP contribution is 2.28. The van der Waals surface area contributed by atoms with Gasteiger partial charge < -0.3 is 24.4 Å². The van der Waals surface area contributed by atoms with Crippen molar-refractivity contribution in [1.82, 2.24) is 25.1 Å². The summed E-state index contributed by atoms with van der Waals surface area (Å²) in [7, 11) is 3.19. The number of aromatic nitrogens is 4. The first-order valence-electron chi connectivity index (χ1n) is 11.6. The Morgan fingerprint density at radius 1 is 1.03 bits per heavy atom. The normalized spacial score (nSPS) is 16.1. The van der Waals surface area contributed by atoms with Crippen molar-refractivity contribution in [2.75, 3.05) is 50.6 Å². The maximum Gasteiger partial charge on any atom is 0.259 e. The lowest BCUT2D eigenvalue weighted by Gasteiger charge is -2.34. The second kappa shape index (κ2) is 10.2. The molecule has 1 aliphatic heterocycles. The second-order valence-electron chi connectivity index (χ2n) is 8.61. The Bertz CT molecular complexity index is 1130. The van der Waals surface area contributed by atoms with E-state index in [0.29, 0.717) is 34.7 Å².